The average molecular weight is 259 g/mol. The maximum absolute atomic E-state index is 12.7. The maximum atomic E-state index is 12.7. The quantitative estimate of drug-likeness (QED) is 0.842. The van der Waals surface area contributed by atoms with Gasteiger partial charge in [-0.15, -0.1) is 0 Å². The highest BCUT2D eigenvalue weighted by Gasteiger charge is 2.55. The van der Waals surface area contributed by atoms with Crippen LogP contribution in [0, 0.1) is 0 Å². The van der Waals surface area contributed by atoms with Crippen molar-refractivity contribution < 1.29 is 23.1 Å². The van der Waals surface area contributed by atoms with Crippen LogP contribution < -0.4 is 0 Å². The number of rotatable bonds is 3. The van der Waals surface area contributed by atoms with E-state index in [-0.39, 0.29) is 0 Å². The smallest absolute Gasteiger partial charge is 0.394 e. The number of β-lactam (4-membered cyclic amide) rings is 1. The number of alkyl halides is 3. The monoisotopic (exact) mass is 259 g/mol. The third-order valence-electron chi connectivity index (χ3n) is 3.06. The summed E-state index contributed by atoms with van der Waals surface area (Å²) in [5, 5.41) is 9.25. The Kier molecular flexibility index (Phi) is 3.30. The average Bonchev–Trinajstić information content (AvgIpc) is 2.32. The molecule has 0 bridgehead atoms. The van der Waals surface area contributed by atoms with E-state index in [2.05, 4.69) is 0 Å². The van der Waals surface area contributed by atoms with Crippen LogP contribution in [0.2, 0.25) is 0 Å². The molecule has 3 nitrogen and oxygen atoms in total. The van der Waals surface area contributed by atoms with Crippen LogP contribution in [0.1, 0.15) is 18.0 Å². The molecule has 1 saturated heterocycles. The standard InChI is InChI=1S/C12H12F3NO2/c13-12(14,15)10-6-11(18)16(10)9(7-17)8-4-2-1-3-5-8/h1-5,9-10,17H,6-7H2/t9-,10+/m0/s1. The second-order valence-corrected chi connectivity index (χ2v) is 4.17. The van der Waals surface area contributed by atoms with Gasteiger partial charge in [0.2, 0.25) is 5.91 Å². The minimum absolute atomic E-state index is 0.502. The predicted molar refractivity (Wildman–Crippen MR) is 57.6 cm³/mol. The van der Waals surface area contributed by atoms with E-state index in [0.29, 0.717) is 5.56 Å². The van der Waals surface area contributed by atoms with Crippen molar-refractivity contribution in [2.24, 2.45) is 0 Å². The molecule has 1 aliphatic rings. The first kappa shape index (κ1) is 12.9. The third kappa shape index (κ3) is 2.20. The van der Waals surface area contributed by atoms with Gasteiger partial charge in [-0.3, -0.25) is 4.79 Å². The molecule has 0 radical (unpaired) electrons. The molecule has 1 heterocycles. The normalized spacial score (nSPS) is 21.7. The Hall–Kier alpha value is -1.56. The third-order valence-corrected chi connectivity index (χ3v) is 3.06. The summed E-state index contributed by atoms with van der Waals surface area (Å²) in [5.41, 5.74) is 0.502. The van der Waals surface area contributed by atoms with Gasteiger partial charge in [0.15, 0.2) is 0 Å². The summed E-state index contributed by atoms with van der Waals surface area (Å²) in [7, 11) is 0. The van der Waals surface area contributed by atoms with E-state index in [1.165, 1.54) is 0 Å². The second kappa shape index (κ2) is 4.61. The van der Waals surface area contributed by atoms with E-state index in [1.807, 2.05) is 0 Å². The van der Waals surface area contributed by atoms with E-state index < -0.39 is 37.2 Å². The van der Waals surface area contributed by atoms with Gasteiger partial charge in [0, 0.05) is 0 Å². The minimum atomic E-state index is -4.45. The van der Waals surface area contributed by atoms with Gasteiger partial charge in [-0.2, -0.15) is 13.2 Å². The zero-order valence-corrected chi connectivity index (χ0v) is 9.39. The number of carbonyl (C=O) groups is 1. The molecule has 98 valence electrons. The Labute approximate surface area is 102 Å². The summed E-state index contributed by atoms with van der Waals surface area (Å²) in [6, 6.07) is 5.51. The summed E-state index contributed by atoms with van der Waals surface area (Å²) < 4.78 is 38.0. The molecule has 2 rings (SSSR count). The van der Waals surface area contributed by atoms with Crippen LogP contribution in [0.3, 0.4) is 0 Å². The molecule has 1 fully saturated rings. The van der Waals surface area contributed by atoms with Crippen molar-refractivity contribution in [1.82, 2.24) is 4.90 Å². The molecule has 0 unspecified atom stereocenters. The van der Waals surface area contributed by atoms with Crippen LogP contribution >= 0.6 is 0 Å². The summed E-state index contributed by atoms with van der Waals surface area (Å²) in [5.74, 6) is -0.583. The number of carbonyl (C=O) groups excluding carboxylic acids is 1. The Balaban J connectivity index is 2.25. The Bertz CT molecular complexity index is 433. The molecule has 2 atom stereocenters. The number of likely N-dealkylation sites (tertiary alicyclic amines) is 1. The van der Waals surface area contributed by atoms with Gasteiger partial charge in [-0.25, -0.2) is 0 Å². The van der Waals surface area contributed by atoms with Gasteiger partial charge < -0.3 is 10.0 Å². The molecular formula is C12H12F3NO2. The van der Waals surface area contributed by atoms with E-state index in [4.69, 9.17) is 0 Å². The van der Waals surface area contributed by atoms with E-state index in [1.54, 1.807) is 30.3 Å². The first-order valence-electron chi connectivity index (χ1n) is 5.49. The Morgan fingerprint density at radius 3 is 2.39 bits per heavy atom. The number of nitrogens with zero attached hydrogens (tertiary/aromatic N) is 1. The van der Waals surface area contributed by atoms with Crippen molar-refractivity contribution in [3.8, 4) is 0 Å². The van der Waals surface area contributed by atoms with E-state index >= 15 is 0 Å². The highest BCUT2D eigenvalue weighted by Crippen LogP contribution is 2.40. The second-order valence-electron chi connectivity index (χ2n) is 4.17. The van der Waals surface area contributed by atoms with Crippen LogP contribution in [-0.4, -0.2) is 34.7 Å². The van der Waals surface area contributed by atoms with Crippen LogP contribution in [-0.2, 0) is 4.79 Å². The number of amides is 1. The highest BCUT2D eigenvalue weighted by atomic mass is 19.4. The van der Waals surface area contributed by atoms with Gasteiger partial charge in [0.1, 0.15) is 6.04 Å². The lowest BCUT2D eigenvalue weighted by Gasteiger charge is -2.45. The number of benzene rings is 1. The minimum Gasteiger partial charge on any atom is -0.394 e. The SMILES string of the molecule is O=C1C[C@H](C(F)(F)F)N1[C@@H](CO)c1ccccc1. The van der Waals surface area contributed by atoms with Gasteiger partial charge in [0.25, 0.3) is 0 Å². The largest absolute Gasteiger partial charge is 0.409 e. The number of hydrogen-bond acceptors (Lipinski definition) is 2. The lowest BCUT2D eigenvalue weighted by Crippen LogP contribution is -2.61. The molecular weight excluding hydrogens is 247 g/mol. The van der Waals surface area contributed by atoms with Crippen LogP contribution in [0.25, 0.3) is 0 Å². The van der Waals surface area contributed by atoms with E-state index in [0.717, 1.165) is 4.90 Å². The first-order chi connectivity index (χ1) is 8.45. The molecule has 1 aromatic carbocycles. The van der Waals surface area contributed by atoms with Gasteiger partial charge in [0.05, 0.1) is 19.1 Å². The fourth-order valence-electron chi connectivity index (χ4n) is 2.12. The van der Waals surface area contributed by atoms with Gasteiger partial charge in [-0.05, 0) is 5.56 Å². The molecule has 0 aromatic heterocycles. The number of hydrogen-bond donors (Lipinski definition) is 1. The van der Waals surface area contributed by atoms with Crippen LogP contribution in [0.5, 0.6) is 0 Å². The molecule has 6 heteroatoms. The molecule has 1 N–H and O–H groups in total. The van der Waals surface area contributed by atoms with Crippen molar-refractivity contribution in [3.05, 3.63) is 35.9 Å². The highest BCUT2D eigenvalue weighted by molar-refractivity contribution is 5.84. The van der Waals surface area contributed by atoms with Crippen molar-refractivity contribution in [2.45, 2.75) is 24.7 Å². The Morgan fingerprint density at radius 1 is 1.33 bits per heavy atom. The fraction of sp³-hybridized carbons (Fsp3) is 0.417. The Morgan fingerprint density at radius 2 is 1.94 bits per heavy atom. The number of aliphatic hydroxyl groups excluding tert-OH is 1. The molecule has 1 aromatic rings. The molecule has 1 amide bonds. The lowest BCUT2D eigenvalue weighted by atomic mass is 9.94. The first-order valence-corrected chi connectivity index (χ1v) is 5.49. The van der Waals surface area contributed by atoms with Crippen molar-refractivity contribution in [2.75, 3.05) is 6.61 Å². The molecule has 18 heavy (non-hydrogen) atoms. The molecule has 1 aliphatic heterocycles. The maximum Gasteiger partial charge on any atom is 0.409 e. The fourth-order valence-corrected chi connectivity index (χ4v) is 2.12. The number of halogens is 3. The van der Waals surface area contributed by atoms with E-state index in [9.17, 15) is 23.1 Å². The summed E-state index contributed by atoms with van der Waals surface area (Å²) in [4.78, 5) is 12.1. The van der Waals surface area contributed by atoms with Crippen molar-refractivity contribution in [3.63, 3.8) is 0 Å². The van der Waals surface area contributed by atoms with Crippen LogP contribution in [0.4, 0.5) is 13.2 Å². The molecule has 0 aliphatic carbocycles. The zero-order chi connectivity index (χ0) is 13.3. The van der Waals surface area contributed by atoms with Gasteiger partial charge >= 0.3 is 6.18 Å². The van der Waals surface area contributed by atoms with Crippen molar-refractivity contribution in [1.29, 1.82) is 0 Å². The molecule has 0 spiro atoms. The van der Waals surface area contributed by atoms with Crippen LogP contribution in [0.15, 0.2) is 30.3 Å². The zero-order valence-electron chi connectivity index (χ0n) is 9.39. The number of aliphatic hydroxyl groups is 1. The van der Waals surface area contributed by atoms with Gasteiger partial charge in [-0.1, -0.05) is 30.3 Å². The lowest BCUT2D eigenvalue weighted by molar-refractivity contribution is -0.221. The summed E-state index contributed by atoms with van der Waals surface area (Å²) in [6.45, 7) is -0.525. The topological polar surface area (TPSA) is 40.5 Å². The summed E-state index contributed by atoms with van der Waals surface area (Å²) in [6.07, 6.45) is -4.98. The van der Waals surface area contributed by atoms with Crippen molar-refractivity contribution >= 4 is 5.91 Å². The summed E-state index contributed by atoms with van der Waals surface area (Å²) >= 11 is 0. The predicted octanol–water partition coefficient (Wildman–Crippen LogP) is 1.88. The molecule has 0 saturated carbocycles.